The summed E-state index contributed by atoms with van der Waals surface area (Å²) in [5.41, 5.74) is 1.63. The SMILES string of the molecule is CC(O)CCN(C)c1nnc2ccccc2n1. The molecule has 1 unspecified atom stereocenters. The van der Waals surface area contributed by atoms with Crippen LogP contribution in [0.3, 0.4) is 0 Å². The Labute approximate surface area is 100 Å². The molecule has 0 aliphatic carbocycles. The van der Waals surface area contributed by atoms with Crippen LogP contribution in [0.4, 0.5) is 5.95 Å². The van der Waals surface area contributed by atoms with E-state index in [-0.39, 0.29) is 6.10 Å². The van der Waals surface area contributed by atoms with E-state index in [2.05, 4.69) is 15.2 Å². The molecule has 1 aromatic heterocycles. The third-order valence-corrected chi connectivity index (χ3v) is 2.57. The molecule has 2 rings (SSSR count). The van der Waals surface area contributed by atoms with Gasteiger partial charge in [0.1, 0.15) is 5.52 Å². The molecule has 1 aromatic carbocycles. The molecular formula is C12H16N4O. The van der Waals surface area contributed by atoms with Crippen LogP contribution in [0, 0.1) is 0 Å². The van der Waals surface area contributed by atoms with Gasteiger partial charge < -0.3 is 10.0 Å². The summed E-state index contributed by atoms with van der Waals surface area (Å²) in [4.78, 5) is 6.32. The van der Waals surface area contributed by atoms with Gasteiger partial charge in [0.15, 0.2) is 0 Å². The number of fused-ring (bicyclic) bond motifs is 1. The lowest BCUT2D eigenvalue weighted by Crippen LogP contribution is -2.24. The van der Waals surface area contributed by atoms with Gasteiger partial charge in [-0.2, -0.15) is 0 Å². The van der Waals surface area contributed by atoms with Gasteiger partial charge in [0.2, 0.25) is 5.95 Å². The molecule has 0 fully saturated rings. The molecule has 0 amide bonds. The zero-order chi connectivity index (χ0) is 12.3. The third-order valence-electron chi connectivity index (χ3n) is 2.57. The molecule has 1 N–H and O–H groups in total. The quantitative estimate of drug-likeness (QED) is 0.859. The van der Waals surface area contributed by atoms with Gasteiger partial charge in [-0.25, -0.2) is 4.98 Å². The molecule has 0 aliphatic rings. The van der Waals surface area contributed by atoms with Crippen LogP contribution in [0.2, 0.25) is 0 Å². The van der Waals surface area contributed by atoms with Gasteiger partial charge in [-0.1, -0.05) is 12.1 Å². The maximum atomic E-state index is 9.24. The summed E-state index contributed by atoms with van der Waals surface area (Å²) in [6.45, 7) is 2.48. The van der Waals surface area contributed by atoms with E-state index in [1.807, 2.05) is 36.2 Å². The number of hydrogen-bond acceptors (Lipinski definition) is 5. The van der Waals surface area contributed by atoms with Crippen LogP contribution < -0.4 is 4.90 Å². The van der Waals surface area contributed by atoms with Crippen molar-refractivity contribution in [2.45, 2.75) is 19.4 Å². The highest BCUT2D eigenvalue weighted by Crippen LogP contribution is 2.11. The van der Waals surface area contributed by atoms with Crippen molar-refractivity contribution in [1.29, 1.82) is 0 Å². The van der Waals surface area contributed by atoms with E-state index >= 15 is 0 Å². The summed E-state index contributed by atoms with van der Waals surface area (Å²) >= 11 is 0. The smallest absolute Gasteiger partial charge is 0.245 e. The van der Waals surface area contributed by atoms with Crippen molar-refractivity contribution in [2.24, 2.45) is 0 Å². The molecule has 5 nitrogen and oxygen atoms in total. The van der Waals surface area contributed by atoms with Crippen LogP contribution >= 0.6 is 0 Å². The highest BCUT2D eigenvalue weighted by Gasteiger charge is 2.07. The van der Waals surface area contributed by atoms with Crippen molar-refractivity contribution >= 4 is 17.0 Å². The summed E-state index contributed by atoms with van der Waals surface area (Å²) in [7, 11) is 1.90. The van der Waals surface area contributed by atoms with E-state index in [4.69, 9.17) is 0 Å². The number of anilines is 1. The third kappa shape index (κ3) is 2.88. The van der Waals surface area contributed by atoms with Crippen LogP contribution in [0.25, 0.3) is 11.0 Å². The summed E-state index contributed by atoms with van der Waals surface area (Å²) in [5.74, 6) is 0.587. The highest BCUT2D eigenvalue weighted by atomic mass is 16.3. The van der Waals surface area contributed by atoms with Crippen molar-refractivity contribution in [3.63, 3.8) is 0 Å². The fraction of sp³-hybridized carbons (Fsp3) is 0.417. The summed E-state index contributed by atoms with van der Waals surface area (Å²) in [5, 5.41) is 17.4. The van der Waals surface area contributed by atoms with Crippen molar-refractivity contribution in [1.82, 2.24) is 15.2 Å². The van der Waals surface area contributed by atoms with Crippen molar-refractivity contribution in [3.05, 3.63) is 24.3 Å². The highest BCUT2D eigenvalue weighted by molar-refractivity contribution is 5.74. The first-order valence-electron chi connectivity index (χ1n) is 5.65. The molecule has 90 valence electrons. The fourth-order valence-corrected chi connectivity index (χ4v) is 1.51. The van der Waals surface area contributed by atoms with Crippen LogP contribution in [0.15, 0.2) is 24.3 Å². The van der Waals surface area contributed by atoms with Crippen LogP contribution in [0.1, 0.15) is 13.3 Å². The molecule has 0 aliphatic heterocycles. The van der Waals surface area contributed by atoms with E-state index in [1.165, 1.54) is 0 Å². The zero-order valence-corrected chi connectivity index (χ0v) is 10.0. The van der Waals surface area contributed by atoms with Gasteiger partial charge in [0.25, 0.3) is 0 Å². The molecule has 17 heavy (non-hydrogen) atoms. The van der Waals surface area contributed by atoms with Crippen LogP contribution in [0.5, 0.6) is 0 Å². The normalized spacial score (nSPS) is 12.6. The lowest BCUT2D eigenvalue weighted by molar-refractivity contribution is 0.186. The first kappa shape index (κ1) is 11.7. The van der Waals surface area contributed by atoms with Crippen LogP contribution in [-0.4, -0.2) is 40.0 Å². The lowest BCUT2D eigenvalue weighted by atomic mass is 10.3. The van der Waals surface area contributed by atoms with E-state index < -0.39 is 0 Å². The molecule has 2 aromatic rings. The minimum Gasteiger partial charge on any atom is -0.393 e. The Hall–Kier alpha value is -1.75. The first-order valence-corrected chi connectivity index (χ1v) is 5.65. The lowest BCUT2D eigenvalue weighted by Gasteiger charge is -2.17. The molecular weight excluding hydrogens is 216 g/mol. The first-order chi connectivity index (χ1) is 8.16. The standard InChI is InChI=1S/C12H16N4O/c1-9(17)7-8-16(2)12-13-10-5-3-4-6-11(10)14-15-12/h3-6,9,17H,7-8H2,1-2H3. The Morgan fingerprint density at radius 3 is 2.65 bits per heavy atom. The monoisotopic (exact) mass is 232 g/mol. The number of nitrogens with zero attached hydrogens (tertiary/aromatic N) is 4. The van der Waals surface area contributed by atoms with Gasteiger partial charge in [-0.15, -0.1) is 10.2 Å². The second-order valence-corrected chi connectivity index (χ2v) is 4.16. The van der Waals surface area contributed by atoms with Crippen molar-refractivity contribution < 1.29 is 5.11 Å². The molecule has 0 radical (unpaired) electrons. The van der Waals surface area contributed by atoms with Crippen molar-refractivity contribution in [3.8, 4) is 0 Å². The summed E-state index contributed by atoms with van der Waals surface area (Å²) in [6.07, 6.45) is 0.373. The summed E-state index contributed by atoms with van der Waals surface area (Å²) < 4.78 is 0. The largest absolute Gasteiger partial charge is 0.393 e. The molecule has 0 saturated heterocycles. The minimum atomic E-state index is -0.314. The fourth-order valence-electron chi connectivity index (χ4n) is 1.51. The van der Waals surface area contributed by atoms with Gasteiger partial charge in [-0.3, -0.25) is 0 Å². The molecule has 0 bridgehead atoms. The molecule has 1 heterocycles. The number of aliphatic hydroxyl groups is 1. The number of aromatic nitrogens is 3. The van der Waals surface area contributed by atoms with Crippen molar-refractivity contribution in [2.75, 3.05) is 18.5 Å². The number of para-hydroxylation sites is 1. The van der Waals surface area contributed by atoms with E-state index in [0.717, 1.165) is 11.0 Å². The Balaban J connectivity index is 2.18. The van der Waals surface area contributed by atoms with Gasteiger partial charge in [-0.05, 0) is 25.5 Å². The predicted molar refractivity (Wildman–Crippen MR) is 66.9 cm³/mol. The Morgan fingerprint density at radius 2 is 1.94 bits per heavy atom. The predicted octanol–water partition coefficient (Wildman–Crippen LogP) is 1.23. The van der Waals surface area contributed by atoms with E-state index in [0.29, 0.717) is 18.9 Å². The Morgan fingerprint density at radius 1 is 1.24 bits per heavy atom. The molecule has 0 spiro atoms. The molecule has 1 atom stereocenters. The number of rotatable bonds is 4. The second kappa shape index (κ2) is 5.05. The molecule has 5 heteroatoms. The van der Waals surface area contributed by atoms with Gasteiger partial charge in [0.05, 0.1) is 11.6 Å². The average Bonchev–Trinajstić information content (AvgIpc) is 2.35. The van der Waals surface area contributed by atoms with Gasteiger partial charge >= 0.3 is 0 Å². The average molecular weight is 232 g/mol. The minimum absolute atomic E-state index is 0.314. The molecule has 0 saturated carbocycles. The number of hydrogen-bond donors (Lipinski definition) is 1. The Bertz CT molecular complexity index is 501. The van der Waals surface area contributed by atoms with E-state index in [1.54, 1.807) is 6.92 Å². The maximum Gasteiger partial charge on any atom is 0.245 e. The Kier molecular flexibility index (Phi) is 3.49. The van der Waals surface area contributed by atoms with Gasteiger partial charge in [0, 0.05) is 13.6 Å². The second-order valence-electron chi connectivity index (χ2n) is 4.16. The summed E-state index contributed by atoms with van der Waals surface area (Å²) in [6, 6.07) is 7.64. The van der Waals surface area contributed by atoms with Crippen LogP contribution in [-0.2, 0) is 0 Å². The topological polar surface area (TPSA) is 62.1 Å². The number of aliphatic hydroxyl groups excluding tert-OH is 1. The van der Waals surface area contributed by atoms with E-state index in [9.17, 15) is 5.11 Å². The zero-order valence-electron chi connectivity index (χ0n) is 10.0. The number of benzene rings is 1. The maximum absolute atomic E-state index is 9.24.